The molecule has 2 heterocycles. The van der Waals surface area contributed by atoms with Crippen LogP contribution in [0.2, 0.25) is 0 Å². The summed E-state index contributed by atoms with van der Waals surface area (Å²) >= 11 is 1.54. The van der Waals surface area contributed by atoms with E-state index in [-0.39, 0.29) is 11.8 Å². The molecule has 1 aliphatic heterocycles. The zero-order valence-electron chi connectivity index (χ0n) is 15.7. The standard InChI is InChI=1S/C19H26N4O2S/c1-14-8-6-5-7-11-26-17(15(14)2)18(24)22-16-12-20-19(21-13-16)23(3)9-10-25-4/h5-8,12-14H,9-11H2,1-4H3,(H,22,24)/b7-5-,8-6-,17-15-. The van der Waals surface area contributed by atoms with Crippen LogP contribution in [-0.4, -0.2) is 48.9 Å². The molecule has 0 fully saturated rings. The van der Waals surface area contributed by atoms with Gasteiger partial charge in [0.2, 0.25) is 5.95 Å². The first-order valence-electron chi connectivity index (χ1n) is 8.53. The molecule has 2 rings (SSSR count). The number of carbonyl (C=O) groups excluding carboxylic acids is 1. The fourth-order valence-electron chi connectivity index (χ4n) is 2.30. The number of likely N-dealkylation sites (N-methyl/N-ethyl adjacent to an activating group) is 1. The maximum Gasteiger partial charge on any atom is 0.262 e. The normalized spacial score (nSPS) is 22.7. The zero-order chi connectivity index (χ0) is 18.9. The molecule has 1 atom stereocenters. The van der Waals surface area contributed by atoms with E-state index in [9.17, 15) is 4.79 Å². The Morgan fingerprint density at radius 3 is 2.81 bits per heavy atom. The van der Waals surface area contributed by atoms with Gasteiger partial charge in [0.15, 0.2) is 0 Å². The van der Waals surface area contributed by atoms with Gasteiger partial charge in [0.05, 0.1) is 29.6 Å². The van der Waals surface area contributed by atoms with E-state index in [0.29, 0.717) is 24.8 Å². The molecule has 1 aliphatic rings. The molecule has 0 saturated carbocycles. The van der Waals surface area contributed by atoms with Gasteiger partial charge < -0.3 is 15.0 Å². The van der Waals surface area contributed by atoms with Crippen molar-refractivity contribution in [3.63, 3.8) is 0 Å². The van der Waals surface area contributed by atoms with Crippen LogP contribution < -0.4 is 10.2 Å². The van der Waals surface area contributed by atoms with E-state index in [2.05, 4.69) is 28.3 Å². The molecule has 6 nitrogen and oxygen atoms in total. The first-order chi connectivity index (χ1) is 12.5. The largest absolute Gasteiger partial charge is 0.383 e. The summed E-state index contributed by atoms with van der Waals surface area (Å²) in [5.74, 6) is 1.44. The second-order valence-electron chi connectivity index (χ2n) is 6.07. The molecular weight excluding hydrogens is 348 g/mol. The van der Waals surface area contributed by atoms with E-state index >= 15 is 0 Å². The van der Waals surface area contributed by atoms with Crippen LogP contribution in [0.4, 0.5) is 11.6 Å². The number of thioether (sulfide) groups is 1. The van der Waals surface area contributed by atoms with E-state index in [4.69, 9.17) is 4.74 Å². The highest BCUT2D eigenvalue weighted by Gasteiger charge is 2.17. The van der Waals surface area contributed by atoms with Gasteiger partial charge in [0, 0.05) is 26.5 Å². The Morgan fingerprint density at radius 1 is 1.38 bits per heavy atom. The number of rotatable bonds is 6. The summed E-state index contributed by atoms with van der Waals surface area (Å²) in [6, 6.07) is 0. The van der Waals surface area contributed by atoms with E-state index in [1.165, 1.54) is 0 Å². The number of amides is 1. The summed E-state index contributed by atoms with van der Waals surface area (Å²) in [5.41, 5.74) is 1.64. The van der Waals surface area contributed by atoms with Crippen molar-refractivity contribution in [2.75, 3.05) is 43.3 Å². The predicted molar refractivity (Wildman–Crippen MR) is 108 cm³/mol. The third-order valence-corrected chi connectivity index (χ3v) is 5.24. The summed E-state index contributed by atoms with van der Waals surface area (Å²) < 4.78 is 5.05. The molecule has 0 aliphatic carbocycles. The third-order valence-electron chi connectivity index (χ3n) is 4.09. The van der Waals surface area contributed by atoms with Crippen molar-refractivity contribution >= 4 is 29.3 Å². The van der Waals surface area contributed by atoms with Crippen LogP contribution in [0, 0.1) is 5.92 Å². The predicted octanol–water partition coefficient (Wildman–Crippen LogP) is 3.27. The number of carbonyl (C=O) groups is 1. The first-order valence-corrected chi connectivity index (χ1v) is 9.52. The molecule has 1 N–H and O–H groups in total. The highest BCUT2D eigenvalue weighted by atomic mass is 32.2. The lowest BCUT2D eigenvalue weighted by Gasteiger charge is -2.17. The maximum absolute atomic E-state index is 12.7. The Morgan fingerprint density at radius 2 is 2.12 bits per heavy atom. The summed E-state index contributed by atoms with van der Waals surface area (Å²) in [7, 11) is 3.56. The minimum absolute atomic E-state index is 0.118. The Hall–Kier alpha value is -2.12. The second kappa shape index (κ2) is 10.1. The van der Waals surface area contributed by atoms with Crippen molar-refractivity contribution in [1.82, 2.24) is 9.97 Å². The minimum Gasteiger partial charge on any atom is -0.383 e. The number of hydrogen-bond acceptors (Lipinski definition) is 6. The summed E-state index contributed by atoms with van der Waals surface area (Å²) in [6.07, 6.45) is 11.4. The monoisotopic (exact) mass is 374 g/mol. The van der Waals surface area contributed by atoms with Gasteiger partial charge in [-0.25, -0.2) is 9.97 Å². The highest BCUT2D eigenvalue weighted by Crippen LogP contribution is 2.28. The Labute approximate surface area is 159 Å². The SMILES string of the molecule is COCCN(C)c1ncc(NC(=O)/C2=C(\C)C(C)/C=C\C=C/CS2)cn1. The van der Waals surface area contributed by atoms with Crippen molar-refractivity contribution in [2.45, 2.75) is 13.8 Å². The van der Waals surface area contributed by atoms with E-state index in [0.717, 1.165) is 16.2 Å². The van der Waals surface area contributed by atoms with Crippen molar-refractivity contribution < 1.29 is 9.53 Å². The van der Waals surface area contributed by atoms with Gasteiger partial charge in [-0.1, -0.05) is 31.2 Å². The van der Waals surface area contributed by atoms with Crippen LogP contribution in [0.1, 0.15) is 13.8 Å². The Bertz CT molecular complexity index is 698. The fraction of sp³-hybridized carbons (Fsp3) is 0.421. The van der Waals surface area contributed by atoms with E-state index in [1.807, 2.05) is 37.1 Å². The minimum atomic E-state index is -0.118. The van der Waals surface area contributed by atoms with Crippen LogP contribution in [0.15, 0.2) is 47.2 Å². The van der Waals surface area contributed by atoms with Crippen LogP contribution in [0.3, 0.4) is 0 Å². The molecule has 0 radical (unpaired) electrons. The lowest BCUT2D eigenvalue weighted by Crippen LogP contribution is -2.24. The summed E-state index contributed by atoms with van der Waals surface area (Å²) in [5, 5.41) is 2.91. The molecule has 1 amide bonds. The van der Waals surface area contributed by atoms with Crippen molar-refractivity contribution in [2.24, 2.45) is 5.92 Å². The van der Waals surface area contributed by atoms with Crippen molar-refractivity contribution in [3.8, 4) is 0 Å². The quantitative estimate of drug-likeness (QED) is 0.824. The number of methoxy groups -OCH3 is 1. The van der Waals surface area contributed by atoms with Gasteiger partial charge in [-0.2, -0.15) is 0 Å². The molecule has 7 heteroatoms. The van der Waals surface area contributed by atoms with Gasteiger partial charge in [-0.05, 0) is 18.4 Å². The second-order valence-corrected chi connectivity index (χ2v) is 7.10. The third kappa shape index (κ3) is 5.71. The number of nitrogens with one attached hydrogen (secondary N) is 1. The molecule has 26 heavy (non-hydrogen) atoms. The van der Waals surface area contributed by atoms with Gasteiger partial charge >= 0.3 is 0 Å². The molecule has 0 bridgehead atoms. The molecule has 0 saturated heterocycles. The Balaban J connectivity index is 2.08. The van der Waals surface area contributed by atoms with Crippen molar-refractivity contribution in [1.29, 1.82) is 0 Å². The Kier molecular flexibility index (Phi) is 7.87. The van der Waals surface area contributed by atoms with Gasteiger partial charge in [-0.3, -0.25) is 4.79 Å². The van der Waals surface area contributed by atoms with Crippen LogP contribution in [-0.2, 0) is 9.53 Å². The van der Waals surface area contributed by atoms with Gasteiger partial charge in [-0.15, -0.1) is 11.8 Å². The molecular formula is C19H26N4O2S. The first kappa shape index (κ1) is 20.2. The lowest BCUT2D eigenvalue weighted by atomic mass is 10.0. The van der Waals surface area contributed by atoms with E-state index < -0.39 is 0 Å². The maximum atomic E-state index is 12.7. The number of nitrogens with zero attached hydrogens (tertiary/aromatic N) is 3. The fourth-order valence-corrected chi connectivity index (χ4v) is 3.27. The molecule has 0 spiro atoms. The smallest absolute Gasteiger partial charge is 0.262 e. The topological polar surface area (TPSA) is 67.3 Å². The zero-order valence-corrected chi connectivity index (χ0v) is 16.5. The molecule has 1 aromatic rings. The average molecular weight is 375 g/mol. The van der Waals surface area contributed by atoms with Crippen LogP contribution >= 0.6 is 11.8 Å². The van der Waals surface area contributed by atoms with E-state index in [1.54, 1.807) is 31.3 Å². The highest BCUT2D eigenvalue weighted by molar-refractivity contribution is 8.04. The summed E-state index contributed by atoms with van der Waals surface area (Å²) in [4.78, 5) is 24.0. The molecule has 1 unspecified atom stereocenters. The van der Waals surface area contributed by atoms with Crippen molar-refractivity contribution in [3.05, 3.63) is 47.2 Å². The average Bonchev–Trinajstić information content (AvgIpc) is 2.72. The lowest BCUT2D eigenvalue weighted by molar-refractivity contribution is -0.112. The van der Waals surface area contributed by atoms with Gasteiger partial charge in [0.1, 0.15) is 0 Å². The number of hydrogen-bond donors (Lipinski definition) is 1. The number of aromatic nitrogens is 2. The van der Waals surface area contributed by atoms with Crippen LogP contribution in [0.25, 0.3) is 0 Å². The summed E-state index contributed by atoms with van der Waals surface area (Å²) in [6.45, 7) is 5.40. The molecule has 0 aromatic carbocycles. The molecule has 140 valence electrons. The molecule has 1 aromatic heterocycles. The number of anilines is 2. The number of allylic oxidation sites excluding steroid dienone is 4. The van der Waals surface area contributed by atoms with Crippen LogP contribution in [0.5, 0.6) is 0 Å². The number of ether oxygens (including phenoxy) is 1. The van der Waals surface area contributed by atoms with Gasteiger partial charge in [0.25, 0.3) is 5.91 Å².